The normalized spacial score (nSPS) is 17.6. The van der Waals surface area contributed by atoms with Gasteiger partial charge in [-0.05, 0) is 31.5 Å². The van der Waals surface area contributed by atoms with Crippen molar-refractivity contribution in [2.75, 3.05) is 32.8 Å². The van der Waals surface area contributed by atoms with E-state index < -0.39 is 6.10 Å². The van der Waals surface area contributed by atoms with E-state index in [-0.39, 0.29) is 12.6 Å². The van der Waals surface area contributed by atoms with Crippen LogP contribution >= 0.6 is 11.3 Å². The second-order valence-corrected chi connectivity index (χ2v) is 9.60. The van der Waals surface area contributed by atoms with E-state index >= 15 is 0 Å². The van der Waals surface area contributed by atoms with E-state index in [1.807, 2.05) is 4.68 Å². The van der Waals surface area contributed by atoms with Crippen LogP contribution in [0.1, 0.15) is 36.2 Å². The third-order valence-electron chi connectivity index (χ3n) is 5.91. The zero-order valence-corrected chi connectivity index (χ0v) is 18.5. The molecule has 1 aromatic carbocycles. The maximum atomic E-state index is 9.62. The van der Waals surface area contributed by atoms with Gasteiger partial charge in [-0.3, -0.25) is 4.90 Å². The van der Waals surface area contributed by atoms with Crippen molar-refractivity contribution < 1.29 is 14.9 Å². The molecular formula is C22H27N5O3S. The van der Waals surface area contributed by atoms with Crippen molar-refractivity contribution in [2.45, 2.75) is 38.3 Å². The largest absolute Gasteiger partial charge is 0.492 e. The fraction of sp³-hybridized carbons (Fsp3) is 0.500. The molecule has 0 aliphatic carbocycles. The van der Waals surface area contributed by atoms with Gasteiger partial charge in [0.25, 0.3) is 0 Å². The number of ether oxygens (including phenoxy) is 1. The van der Waals surface area contributed by atoms with Gasteiger partial charge in [-0.25, -0.2) is 14.6 Å². The molecule has 2 aromatic heterocycles. The average Bonchev–Trinajstić information content (AvgIpc) is 3.34. The van der Waals surface area contributed by atoms with Crippen molar-refractivity contribution in [3.05, 3.63) is 35.0 Å². The highest BCUT2D eigenvalue weighted by Crippen LogP contribution is 2.42. The Bertz CT molecular complexity index is 1070. The number of benzene rings is 1. The Labute approximate surface area is 185 Å². The third-order valence-corrected chi connectivity index (χ3v) is 7.02. The Balaban J connectivity index is 1.40. The number of aromatic nitrogens is 4. The number of nitrogens with zero attached hydrogens (tertiary/aromatic N) is 5. The standard InChI is InChI=1S/C22H27N5O3S/c1-13(2)27-21(23-12-24-27)22-25-20-17-4-3-14(7-18(17)30-6-5-19(20)31-22)15-8-26(9-15)10-16(29)11-28/h3-4,7,12-13,15-16,28-29H,5-6,8-11H2,1-2H3/t16-/m0/s1. The van der Waals surface area contributed by atoms with Crippen molar-refractivity contribution in [3.63, 3.8) is 0 Å². The molecule has 0 radical (unpaired) electrons. The quantitative estimate of drug-likeness (QED) is 0.606. The van der Waals surface area contributed by atoms with E-state index in [0.29, 0.717) is 19.1 Å². The minimum Gasteiger partial charge on any atom is -0.492 e. The zero-order chi connectivity index (χ0) is 21.5. The predicted octanol–water partition coefficient (Wildman–Crippen LogP) is 2.34. The van der Waals surface area contributed by atoms with Gasteiger partial charge in [0.2, 0.25) is 0 Å². The Morgan fingerprint density at radius 2 is 2.13 bits per heavy atom. The summed E-state index contributed by atoms with van der Waals surface area (Å²) in [6.45, 7) is 6.89. The highest BCUT2D eigenvalue weighted by Gasteiger charge is 2.31. The fourth-order valence-electron chi connectivity index (χ4n) is 4.26. The Kier molecular flexibility index (Phi) is 5.51. The smallest absolute Gasteiger partial charge is 0.187 e. The maximum Gasteiger partial charge on any atom is 0.187 e. The lowest BCUT2D eigenvalue weighted by Gasteiger charge is -2.40. The van der Waals surface area contributed by atoms with Gasteiger partial charge in [-0.2, -0.15) is 5.10 Å². The summed E-state index contributed by atoms with van der Waals surface area (Å²) in [5, 5.41) is 23.9. The topological polar surface area (TPSA) is 96.5 Å². The van der Waals surface area contributed by atoms with Crippen molar-refractivity contribution in [2.24, 2.45) is 0 Å². The summed E-state index contributed by atoms with van der Waals surface area (Å²) in [5.41, 5.74) is 3.26. The van der Waals surface area contributed by atoms with Gasteiger partial charge in [0.05, 0.1) is 25.0 Å². The van der Waals surface area contributed by atoms with Crippen molar-refractivity contribution in [1.29, 1.82) is 0 Å². The first-order valence-electron chi connectivity index (χ1n) is 10.7. The lowest BCUT2D eigenvalue weighted by atomic mass is 9.90. The fourth-order valence-corrected chi connectivity index (χ4v) is 5.30. The maximum absolute atomic E-state index is 9.62. The summed E-state index contributed by atoms with van der Waals surface area (Å²) in [6, 6.07) is 6.65. The summed E-state index contributed by atoms with van der Waals surface area (Å²) >= 11 is 1.67. The van der Waals surface area contributed by atoms with Crippen LogP contribution < -0.4 is 4.74 Å². The molecule has 2 N–H and O–H groups in total. The first-order chi connectivity index (χ1) is 15.0. The number of hydrogen-bond acceptors (Lipinski definition) is 8. The van der Waals surface area contributed by atoms with Crippen LogP contribution in [0.4, 0.5) is 0 Å². The second-order valence-electron chi connectivity index (χ2n) is 8.52. The molecule has 0 unspecified atom stereocenters. The summed E-state index contributed by atoms with van der Waals surface area (Å²) in [5.74, 6) is 2.11. The van der Waals surface area contributed by atoms with Crippen molar-refractivity contribution >= 4 is 11.3 Å². The van der Waals surface area contributed by atoms with Crippen LogP contribution in [-0.4, -0.2) is 73.8 Å². The lowest BCUT2D eigenvalue weighted by Crippen LogP contribution is -2.48. The predicted molar refractivity (Wildman–Crippen MR) is 118 cm³/mol. The van der Waals surface area contributed by atoms with Crippen LogP contribution in [0.2, 0.25) is 0 Å². The Morgan fingerprint density at radius 3 is 2.90 bits per heavy atom. The molecule has 1 saturated heterocycles. The van der Waals surface area contributed by atoms with E-state index in [2.05, 4.69) is 47.0 Å². The zero-order valence-electron chi connectivity index (χ0n) is 17.7. The van der Waals surface area contributed by atoms with Crippen LogP contribution in [0.15, 0.2) is 24.5 Å². The van der Waals surface area contributed by atoms with Gasteiger partial charge in [0.15, 0.2) is 10.8 Å². The number of rotatable bonds is 6. The first-order valence-corrected chi connectivity index (χ1v) is 11.5. The molecule has 31 heavy (non-hydrogen) atoms. The molecule has 164 valence electrons. The summed E-state index contributed by atoms with van der Waals surface area (Å²) < 4.78 is 8.01. The molecular weight excluding hydrogens is 414 g/mol. The number of aliphatic hydroxyl groups excluding tert-OH is 2. The molecule has 2 aliphatic rings. The molecule has 0 spiro atoms. The third kappa shape index (κ3) is 3.87. The molecule has 0 saturated carbocycles. The number of β-amino-alcohol motifs (C(OH)–C–C–N with tert-alkyl or cyclic N) is 1. The summed E-state index contributed by atoms with van der Waals surface area (Å²) in [4.78, 5) is 12.8. The number of aliphatic hydroxyl groups is 2. The number of hydrogen-bond donors (Lipinski definition) is 2. The number of thiazole rings is 1. The first kappa shape index (κ1) is 20.6. The van der Waals surface area contributed by atoms with E-state index in [4.69, 9.17) is 14.8 Å². The van der Waals surface area contributed by atoms with Gasteiger partial charge in [-0.1, -0.05) is 6.07 Å². The number of likely N-dealkylation sites (tertiary alicyclic amines) is 1. The second kappa shape index (κ2) is 8.31. The van der Waals surface area contributed by atoms with E-state index in [1.165, 1.54) is 10.4 Å². The molecule has 0 amide bonds. The number of fused-ring (bicyclic) bond motifs is 3. The Morgan fingerprint density at radius 1 is 1.29 bits per heavy atom. The van der Waals surface area contributed by atoms with Gasteiger partial charge >= 0.3 is 0 Å². The van der Waals surface area contributed by atoms with E-state index in [0.717, 1.165) is 47.3 Å². The van der Waals surface area contributed by atoms with Crippen molar-refractivity contribution in [3.8, 4) is 27.8 Å². The highest BCUT2D eigenvalue weighted by atomic mass is 32.1. The SMILES string of the molecule is CC(C)n1ncnc1-c1nc2c(s1)CCOc1cc(C3CN(C[C@H](O)CO)C3)ccc1-2. The molecule has 8 nitrogen and oxygen atoms in total. The van der Waals surface area contributed by atoms with Crippen LogP contribution in [-0.2, 0) is 6.42 Å². The van der Waals surface area contributed by atoms with Gasteiger partial charge < -0.3 is 14.9 Å². The molecule has 5 rings (SSSR count). The molecule has 2 aliphatic heterocycles. The minimum absolute atomic E-state index is 0.195. The molecule has 9 heteroatoms. The van der Waals surface area contributed by atoms with Gasteiger partial charge in [0, 0.05) is 48.5 Å². The molecule has 3 aromatic rings. The average molecular weight is 442 g/mol. The van der Waals surface area contributed by atoms with Crippen molar-refractivity contribution in [1.82, 2.24) is 24.6 Å². The van der Waals surface area contributed by atoms with E-state index in [9.17, 15) is 5.11 Å². The summed E-state index contributed by atoms with van der Waals surface area (Å²) in [6.07, 6.45) is 1.74. The van der Waals surface area contributed by atoms with E-state index in [1.54, 1.807) is 17.7 Å². The van der Waals surface area contributed by atoms with Crippen LogP contribution in [0, 0.1) is 0 Å². The molecule has 4 heterocycles. The summed E-state index contributed by atoms with van der Waals surface area (Å²) in [7, 11) is 0. The van der Waals surface area contributed by atoms with Gasteiger partial charge in [-0.15, -0.1) is 11.3 Å². The van der Waals surface area contributed by atoms with Gasteiger partial charge in [0.1, 0.15) is 12.1 Å². The molecule has 0 bridgehead atoms. The highest BCUT2D eigenvalue weighted by molar-refractivity contribution is 7.15. The minimum atomic E-state index is -0.671. The molecule has 1 atom stereocenters. The monoisotopic (exact) mass is 441 g/mol. The lowest BCUT2D eigenvalue weighted by molar-refractivity contribution is 0.0308. The Hall–Kier alpha value is -2.33. The van der Waals surface area contributed by atoms with Crippen LogP contribution in [0.5, 0.6) is 5.75 Å². The van der Waals surface area contributed by atoms with Crippen LogP contribution in [0.25, 0.3) is 22.1 Å². The molecule has 1 fully saturated rings. The van der Waals surface area contributed by atoms with Crippen LogP contribution in [0.3, 0.4) is 0 Å².